The zero-order chi connectivity index (χ0) is 11.0. The minimum absolute atomic E-state index is 0.498. The smallest absolute Gasteiger partial charge is 0.230 e. The molecule has 0 aliphatic carbocycles. The van der Waals surface area contributed by atoms with Crippen LogP contribution in [0.5, 0.6) is 5.88 Å². The first-order valence-corrected chi connectivity index (χ1v) is 5.18. The zero-order valence-electron chi connectivity index (χ0n) is 8.31. The first kappa shape index (κ1) is 10.4. The van der Waals surface area contributed by atoms with Gasteiger partial charge in [-0.3, -0.25) is 4.40 Å². The highest BCUT2D eigenvalue weighted by Crippen LogP contribution is 2.24. The Morgan fingerprint density at radius 1 is 1.60 bits per heavy atom. The molecule has 0 spiro atoms. The molecule has 2 rings (SSSR count). The molecule has 2 aromatic rings. The molecule has 1 N–H and O–H groups in total. The minimum Gasteiger partial charge on any atom is -0.480 e. The summed E-state index contributed by atoms with van der Waals surface area (Å²) in [5.41, 5.74) is 1.25. The van der Waals surface area contributed by atoms with E-state index in [2.05, 4.69) is 25.9 Å². The molecule has 0 aromatic carbocycles. The van der Waals surface area contributed by atoms with Crippen LogP contribution in [0.2, 0.25) is 0 Å². The van der Waals surface area contributed by atoms with Crippen LogP contribution in [0.3, 0.4) is 0 Å². The van der Waals surface area contributed by atoms with Crippen LogP contribution in [-0.2, 0) is 0 Å². The van der Waals surface area contributed by atoms with E-state index in [-0.39, 0.29) is 0 Å². The molecule has 5 nitrogen and oxygen atoms in total. The maximum absolute atomic E-state index is 9.47. The predicted octanol–water partition coefficient (Wildman–Crippen LogP) is 1.55. The quantitative estimate of drug-likeness (QED) is 0.901. The van der Waals surface area contributed by atoms with Crippen LogP contribution in [0.4, 0.5) is 0 Å². The molecule has 80 valence electrons. The van der Waals surface area contributed by atoms with E-state index in [1.807, 2.05) is 0 Å². The van der Waals surface area contributed by atoms with Crippen LogP contribution in [0.1, 0.15) is 18.7 Å². The number of hydrogen-bond acceptors (Lipinski definition) is 4. The third-order valence-electron chi connectivity index (χ3n) is 2.06. The second kappa shape index (κ2) is 3.79. The lowest BCUT2D eigenvalue weighted by atomic mass is 10.3. The number of methoxy groups -OCH3 is 1. The number of halogens is 1. The molecule has 0 aliphatic heterocycles. The molecule has 2 heterocycles. The van der Waals surface area contributed by atoms with Gasteiger partial charge >= 0.3 is 0 Å². The van der Waals surface area contributed by atoms with Crippen LogP contribution in [-0.4, -0.2) is 26.6 Å². The second-order valence-corrected chi connectivity index (χ2v) is 3.87. The van der Waals surface area contributed by atoms with Crippen molar-refractivity contribution in [1.82, 2.24) is 14.4 Å². The van der Waals surface area contributed by atoms with Crippen molar-refractivity contribution in [3.05, 3.63) is 22.7 Å². The molecule has 0 aliphatic rings. The molecule has 0 saturated carbocycles. The molecule has 1 atom stereocenters. The van der Waals surface area contributed by atoms with Crippen molar-refractivity contribution in [1.29, 1.82) is 0 Å². The molecule has 15 heavy (non-hydrogen) atoms. The predicted molar refractivity (Wildman–Crippen MR) is 57.9 cm³/mol. The van der Waals surface area contributed by atoms with Crippen molar-refractivity contribution in [3.8, 4) is 5.88 Å². The Bertz CT molecular complexity index is 495. The second-order valence-electron chi connectivity index (χ2n) is 3.12. The van der Waals surface area contributed by atoms with Crippen LogP contribution in [0.25, 0.3) is 5.65 Å². The number of nitrogens with zero attached hydrogens (tertiary/aromatic N) is 3. The van der Waals surface area contributed by atoms with Gasteiger partial charge in [-0.15, -0.1) is 0 Å². The monoisotopic (exact) mass is 271 g/mol. The van der Waals surface area contributed by atoms with Gasteiger partial charge in [-0.05, 0) is 22.9 Å². The van der Waals surface area contributed by atoms with Crippen LogP contribution in [0.15, 0.2) is 17.0 Å². The summed E-state index contributed by atoms with van der Waals surface area (Å²) in [5.74, 6) is 0.498. The number of imidazole rings is 1. The summed E-state index contributed by atoms with van der Waals surface area (Å²) in [4.78, 5) is 8.27. The van der Waals surface area contributed by atoms with Crippen LogP contribution >= 0.6 is 15.9 Å². The minimum atomic E-state index is -0.620. The Hall–Kier alpha value is -1.14. The molecule has 2 aromatic heterocycles. The average Bonchev–Trinajstić information content (AvgIpc) is 2.56. The summed E-state index contributed by atoms with van der Waals surface area (Å²) < 4.78 is 7.49. The summed E-state index contributed by atoms with van der Waals surface area (Å²) >= 11 is 3.37. The molecule has 1 unspecified atom stereocenters. The van der Waals surface area contributed by atoms with E-state index in [0.717, 1.165) is 0 Å². The van der Waals surface area contributed by atoms with Gasteiger partial charge in [-0.2, -0.15) is 0 Å². The molecule has 6 heteroatoms. The van der Waals surface area contributed by atoms with Gasteiger partial charge in [0, 0.05) is 0 Å². The van der Waals surface area contributed by atoms with Crippen molar-refractivity contribution in [2.45, 2.75) is 13.0 Å². The van der Waals surface area contributed by atoms with E-state index in [4.69, 9.17) is 4.74 Å². The van der Waals surface area contributed by atoms with E-state index in [9.17, 15) is 5.11 Å². The number of aromatic nitrogens is 3. The van der Waals surface area contributed by atoms with Crippen molar-refractivity contribution in [2.24, 2.45) is 0 Å². The Morgan fingerprint density at radius 3 is 2.93 bits per heavy atom. The highest BCUT2D eigenvalue weighted by molar-refractivity contribution is 9.10. The first-order chi connectivity index (χ1) is 7.13. The molecular weight excluding hydrogens is 262 g/mol. The number of ether oxygens (including phenoxy) is 1. The molecule has 0 fully saturated rings. The third kappa shape index (κ3) is 1.70. The summed E-state index contributed by atoms with van der Waals surface area (Å²) in [7, 11) is 1.55. The molecular formula is C9H10BrN3O2. The fourth-order valence-corrected chi connectivity index (χ4v) is 2.00. The summed E-state index contributed by atoms with van der Waals surface area (Å²) in [6.07, 6.45) is 2.68. The SMILES string of the molecule is COc1cn2c(Br)c(C(C)O)nc2cn1. The van der Waals surface area contributed by atoms with Gasteiger partial charge in [-0.25, -0.2) is 9.97 Å². The third-order valence-corrected chi connectivity index (χ3v) is 2.84. The molecule has 0 amide bonds. The van der Waals surface area contributed by atoms with E-state index in [1.165, 1.54) is 0 Å². The standard InChI is InChI=1S/C9H10BrN3O2/c1-5(14)8-9(10)13-4-7(15-2)11-3-6(13)12-8/h3-5,14H,1-2H3. The molecule has 0 saturated heterocycles. The normalized spacial score (nSPS) is 13.1. The molecule has 0 radical (unpaired) electrons. The van der Waals surface area contributed by atoms with Crippen molar-refractivity contribution >= 4 is 21.6 Å². The lowest BCUT2D eigenvalue weighted by Crippen LogP contribution is -1.93. The number of rotatable bonds is 2. The Balaban J connectivity index is 2.66. The number of aliphatic hydroxyl groups is 1. The van der Waals surface area contributed by atoms with Crippen molar-refractivity contribution in [2.75, 3.05) is 7.11 Å². The lowest BCUT2D eigenvalue weighted by molar-refractivity contribution is 0.194. The highest BCUT2D eigenvalue weighted by atomic mass is 79.9. The fraction of sp³-hybridized carbons (Fsp3) is 0.333. The largest absolute Gasteiger partial charge is 0.480 e. The van der Waals surface area contributed by atoms with Gasteiger partial charge in [-0.1, -0.05) is 0 Å². The van der Waals surface area contributed by atoms with Gasteiger partial charge in [0.25, 0.3) is 0 Å². The van der Waals surface area contributed by atoms with Crippen LogP contribution < -0.4 is 4.74 Å². The summed E-state index contributed by atoms with van der Waals surface area (Å²) in [5, 5.41) is 9.47. The Labute approximate surface area is 94.9 Å². The van der Waals surface area contributed by atoms with Crippen molar-refractivity contribution in [3.63, 3.8) is 0 Å². The first-order valence-electron chi connectivity index (χ1n) is 4.39. The average molecular weight is 272 g/mol. The van der Waals surface area contributed by atoms with E-state index in [1.54, 1.807) is 30.8 Å². The number of hydrogen-bond donors (Lipinski definition) is 1. The topological polar surface area (TPSA) is 59.7 Å². The van der Waals surface area contributed by atoms with Gasteiger partial charge in [0.1, 0.15) is 10.3 Å². The van der Waals surface area contributed by atoms with E-state index >= 15 is 0 Å². The zero-order valence-corrected chi connectivity index (χ0v) is 9.89. The molecule has 0 bridgehead atoms. The number of fused-ring (bicyclic) bond motifs is 1. The number of aliphatic hydroxyl groups excluding tert-OH is 1. The van der Waals surface area contributed by atoms with E-state index < -0.39 is 6.10 Å². The Kier molecular flexibility index (Phi) is 2.62. The van der Waals surface area contributed by atoms with Gasteiger partial charge < -0.3 is 9.84 Å². The van der Waals surface area contributed by atoms with Gasteiger partial charge in [0.2, 0.25) is 5.88 Å². The summed E-state index contributed by atoms with van der Waals surface area (Å²) in [6, 6.07) is 0. The van der Waals surface area contributed by atoms with E-state index in [0.29, 0.717) is 21.8 Å². The lowest BCUT2D eigenvalue weighted by Gasteiger charge is -2.00. The van der Waals surface area contributed by atoms with Gasteiger partial charge in [0.05, 0.1) is 25.6 Å². The van der Waals surface area contributed by atoms with Crippen LogP contribution in [0, 0.1) is 0 Å². The van der Waals surface area contributed by atoms with Crippen molar-refractivity contribution < 1.29 is 9.84 Å². The summed E-state index contributed by atoms with van der Waals surface area (Å²) in [6.45, 7) is 1.66. The Morgan fingerprint density at radius 2 is 2.33 bits per heavy atom. The fourth-order valence-electron chi connectivity index (χ4n) is 1.30. The maximum atomic E-state index is 9.47. The maximum Gasteiger partial charge on any atom is 0.230 e. The van der Waals surface area contributed by atoms with Gasteiger partial charge in [0.15, 0.2) is 5.65 Å². The highest BCUT2D eigenvalue weighted by Gasteiger charge is 2.14.